The molecule has 9 heavy (non-hydrogen) atoms. The van der Waals surface area contributed by atoms with Gasteiger partial charge in [0.15, 0.2) is 0 Å². The molecule has 1 heterocycles. The van der Waals surface area contributed by atoms with Crippen molar-refractivity contribution < 1.29 is 8.42 Å². The quantitative estimate of drug-likeness (QED) is 0.408. The average molecular weight is 146 g/mol. The first-order valence-electron chi connectivity index (χ1n) is 2.05. The number of nitrogens with one attached hydrogen (secondary N) is 1. The smallest absolute Gasteiger partial charge is 0.207 e. The molecule has 0 radical (unpaired) electrons. The minimum absolute atomic E-state index is 0.192. The summed E-state index contributed by atoms with van der Waals surface area (Å²) in [5.74, 6) is 0. The lowest BCUT2D eigenvalue weighted by Gasteiger charge is -1.78. The van der Waals surface area contributed by atoms with Gasteiger partial charge in [-0.15, -0.1) is 5.43 Å². The van der Waals surface area contributed by atoms with Crippen molar-refractivity contribution in [1.82, 2.24) is 5.43 Å². The molecule has 0 amide bonds. The lowest BCUT2D eigenvalue weighted by Crippen LogP contribution is -2.20. The van der Waals surface area contributed by atoms with Gasteiger partial charge in [-0.1, -0.05) is 0 Å². The number of sulfonamides is 1. The number of hydrazone groups is 1. The van der Waals surface area contributed by atoms with Crippen molar-refractivity contribution in [2.75, 3.05) is 0 Å². The molecule has 0 unspecified atom stereocenters. The van der Waals surface area contributed by atoms with Crippen molar-refractivity contribution in [2.24, 2.45) is 10.2 Å². The van der Waals surface area contributed by atoms with Crippen LogP contribution in [-0.2, 0) is 10.0 Å². The Balaban J connectivity index is 3.01. The Morgan fingerprint density at radius 1 is 1.78 bits per heavy atom. The van der Waals surface area contributed by atoms with Crippen molar-refractivity contribution in [3.63, 3.8) is 0 Å². The maximum absolute atomic E-state index is 10.4. The van der Waals surface area contributed by atoms with Gasteiger partial charge in [0.25, 0.3) is 0 Å². The van der Waals surface area contributed by atoms with E-state index in [1.54, 1.807) is 0 Å². The summed E-state index contributed by atoms with van der Waals surface area (Å²) in [7, 11) is -3.63. The zero-order chi connectivity index (χ0) is 6.91. The van der Waals surface area contributed by atoms with Crippen molar-refractivity contribution in [3.8, 4) is 0 Å². The van der Waals surface area contributed by atoms with Gasteiger partial charge in [0, 0.05) is 0 Å². The molecule has 0 aromatic rings. The predicted molar refractivity (Wildman–Crippen MR) is 31.5 cm³/mol. The van der Waals surface area contributed by atoms with E-state index in [4.69, 9.17) is 0 Å². The highest BCUT2D eigenvalue weighted by atomic mass is 32.2. The third-order valence-corrected chi connectivity index (χ3v) is 1.51. The standard InChI is InChI=1S/C3H4N3O2S/c4-9(7,8)3-1-2-5-6-3/h1H,(H,5,6)(H2,4,7,8)/q+1. The first-order chi connectivity index (χ1) is 4.11. The highest BCUT2D eigenvalue weighted by Crippen LogP contribution is 1.91. The number of hydrogen-bond acceptors (Lipinski definition) is 4. The summed E-state index contributed by atoms with van der Waals surface area (Å²) in [4.78, 5) is 0. The van der Waals surface area contributed by atoms with Crippen LogP contribution in [0.15, 0.2) is 11.2 Å². The highest BCUT2D eigenvalue weighted by molar-refractivity contribution is 8.04. The first kappa shape index (κ1) is 6.15. The van der Waals surface area contributed by atoms with Crippen LogP contribution in [-0.4, -0.2) is 13.5 Å². The summed E-state index contributed by atoms with van der Waals surface area (Å²) < 4.78 is 20.7. The minimum Gasteiger partial charge on any atom is -0.207 e. The molecule has 0 bridgehead atoms. The fourth-order valence-corrected chi connectivity index (χ4v) is 0.755. The van der Waals surface area contributed by atoms with Crippen LogP contribution in [0.5, 0.6) is 0 Å². The lowest BCUT2D eigenvalue weighted by molar-refractivity contribution is 0.609. The fourth-order valence-electron chi connectivity index (χ4n) is 0.359. The molecule has 0 atom stereocenters. The van der Waals surface area contributed by atoms with E-state index in [9.17, 15) is 8.42 Å². The van der Waals surface area contributed by atoms with Gasteiger partial charge >= 0.3 is 15.1 Å². The molecule has 0 aliphatic carbocycles. The van der Waals surface area contributed by atoms with E-state index in [1.807, 2.05) is 0 Å². The molecule has 1 rings (SSSR count). The van der Waals surface area contributed by atoms with Crippen molar-refractivity contribution in [2.45, 2.75) is 0 Å². The number of rotatable bonds is 0. The van der Waals surface area contributed by atoms with Gasteiger partial charge in [-0.3, -0.25) is 0 Å². The maximum atomic E-state index is 10.4. The maximum Gasteiger partial charge on any atom is 0.338 e. The summed E-state index contributed by atoms with van der Waals surface area (Å²) in [6.45, 7) is 0. The highest BCUT2D eigenvalue weighted by Gasteiger charge is 2.24. The van der Waals surface area contributed by atoms with Crippen LogP contribution in [0.1, 0.15) is 0 Å². The van der Waals surface area contributed by atoms with Gasteiger partial charge in [-0.05, 0) is 5.10 Å². The van der Waals surface area contributed by atoms with Crippen LogP contribution >= 0.6 is 0 Å². The molecule has 1 aliphatic heterocycles. The summed E-state index contributed by atoms with van der Waals surface area (Å²) in [5.41, 5.74) is 2.20. The Hall–Kier alpha value is -0.970. The van der Waals surface area contributed by atoms with Crippen LogP contribution in [0.4, 0.5) is 0 Å². The van der Waals surface area contributed by atoms with E-state index >= 15 is 0 Å². The summed E-state index contributed by atoms with van der Waals surface area (Å²) in [5, 5.41) is 7.77. The molecule has 0 fully saturated rings. The molecule has 0 spiro atoms. The molecule has 3 N–H and O–H groups in total. The van der Waals surface area contributed by atoms with Crippen LogP contribution in [0.3, 0.4) is 0 Å². The second-order valence-corrected chi connectivity index (χ2v) is 2.90. The average Bonchev–Trinajstić information content (AvgIpc) is 2.08. The Bertz CT molecular complexity index is 263. The zero-order valence-corrected chi connectivity index (χ0v) is 5.14. The van der Waals surface area contributed by atoms with E-state index in [-0.39, 0.29) is 5.04 Å². The lowest BCUT2D eigenvalue weighted by atomic mass is 10.7. The molecule has 0 aromatic carbocycles. The molecule has 0 saturated carbocycles. The van der Waals surface area contributed by atoms with Gasteiger partial charge < -0.3 is 0 Å². The predicted octanol–water partition coefficient (Wildman–Crippen LogP) is -1.49. The largest absolute Gasteiger partial charge is 0.338 e. The third-order valence-electron chi connectivity index (χ3n) is 0.718. The molecular formula is C3H4N3O2S+. The van der Waals surface area contributed by atoms with Crippen LogP contribution in [0.25, 0.3) is 0 Å². The Morgan fingerprint density at radius 2 is 2.44 bits per heavy atom. The second kappa shape index (κ2) is 1.77. The van der Waals surface area contributed by atoms with E-state index in [2.05, 4.69) is 21.9 Å². The second-order valence-electron chi connectivity index (χ2n) is 1.40. The topological polar surface area (TPSA) is 84.6 Å². The first-order valence-corrected chi connectivity index (χ1v) is 3.59. The number of nitrogens with two attached hydrogens (primary N) is 1. The number of hydrogen-bond donors (Lipinski definition) is 2. The Labute approximate surface area is 52.3 Å². The molecule has 48 valence electrons. The van der Waals surface area contributed by atoms with Crippen LogP contribution in [0.2, 0.25) is 0 Å². The van der Waals surface area contributed by atoms with Gasteiger partial charge in [0.05, 0.1) is 0 Å². The Morgan fingerprint density at radius 3 is 2.67 bits per heavy atom. The van der Waals surface area contributed by atoms with E-state index in [1.165, 1.54) is 0 Å². The van der Waals surface area contributed by atoms with Crippen LogP contribution in [0, 0.1) is 6.20 Å². The van der Waals surface area contributed by atoms with Gasteiger partial charge in [0.1, 0.15) is 0 Å². The van der Waals surface area contributed by atoms with Gasteiger partial charge in [-0.25, -0.2) is 5.14 Å². The molecular weight excluding hydrogens is 142 g/mol. The van der Waals surface area contributed by atoms with Gasteiger partial charge in [-0.2, -0.15) is 8.42 Å². The number of primary sulfonamides is 1. The van der Waals surface area contributed by atoms with Gasteiger partial charge in [0.2, 0.25) is 12.3 Å². The van der Waals surface area contributed by atoms with E-state index in [0.29, 0.717) is 0 Å². The summed E-state index contributed by atoms with van der Waals surface area (Å²) in [6, 6.07) is 0. The van der Waals surface area contributed by atoms with Crippen molar-refractivity contribution in [1.29, 1.82) is 0 Å². The number of nitrogens with zero attached hydrogens (tertiary/aromatic N) is 1. The molecule has 0 aromatic heterocycles. The zero-order valence-electron chi connectivity index (χ0n) is 4.33. The fraction of sp³-hybridized carbons (Fsp3) is 0. The molecule has 6 heteroatoms. The van der Waals surface area contributed by atoms with E-state index in [0.717, 1.165) is 6.08 Å². The molecule has 1 aliphatic rings. The summed E-state index contributed by atoms with van der Waals surface area (Å²) >= 11 is 0. The minimum atomic E-state index is -3.63. The van der Waals surface area contributed by atoms with Crippen LogP contribution < -0.4 is 10.6 Å². The van der Waals surface area contributed by atoms with E-state index < -0.39 is 10.0 Å². The summed E-state index contributed by atoms with van der Waals surface area (Å²) in [6.07, 6.45) is 3.50. The monoisotopic (exact) mass is 146 g/mol. The van der Waals surface area contributed by atoms with Crippen molar-refractivity contribution >= 4 is 15.1 Å². The third kappa shape index (κ3) is 1.23. The van der Waals surface area contributed by atoms with Crippen molar-refractivity contribution in [3.05, 3.63) is 12.3 Å². The SMILES string of the molecule is NS(=O)(=O)C1=NN[C+]=C1. The Kier molecular flexibility index (Phi) is 1.21. The molecule has 0 saturated heterocycles. The normalized spacial score (nSPS) is 16.3. The molecule has 5 nitrogen and oxygen atoms in total.